The zero-order valence-corrected chi connectivity index (χ0v) is 10.8. The van der Waals surface area contributed by atoms with Gasteiger partial charge in [-0.15, -0.1) is 0 Å². The lowest BCUT2D eigenvalue weighted by molar-refractivity contribution is 0.0236. The van der Waals surface area contributed by atoms with Gasteiger partial charge in [-0.3, -0.25) is 0 Å². The first kappa shape index (κ1) is 11.6. The van der Waals surface area contributed by atoms with Gasteiger partial charge in [-0.25, -0.2) is 0 Å². The Hall–Kier alpha value is -1.52. The van der Waals surface area contributed by atoms with Gasteiger partial charge in [0.25, 0.3) is 0 Å². The van der Waals surface area contributed by atoms with Crippen LogP contribution in [0, 0.1) is 0 Å². The summed E-state index contributed by atoms with van der Waals surface area (Å²) in [6.07, 6.45) is 0.141. The summed E-state index contributed by atoms with van der Waals surface area (Å²) in [6.45, 7) is 2.59. The van der Waals surface area contributed by atoms with Crippen molar-refractivity contribution in [3.63, 3.8) is 0 Å². The van der Waals surface area contributed by atoms with E-state index >= 15 is 0 Å². The molecule has 1 aromatic heterocycles. The quantitative estimate of drug-likeness (QED) is 0.878. The number of nitrogens with one attached hydrogen (secondary N) is 1. The molecular weight excluding hydrogens is 228 g/mol. The molecule has 0 bridgehead atoms. The van der Waals surface area contributed by atoms with Gasteiger partial charge in [-0.2, -0.15) is 0 Å². The minimum atomic E-state index is 0.141. The summed E-state index contributed by atoms with van der Waals surface area (Å²) in [5, 5.41) is 4.56. The maximum absolute atomic E-state index is 5.82. The van der Waals surface area contributed by atoms with Gasteiger partial charge in [0.1, 0.15) is 11.9 Å². The van der Waals surface area contributed by atoms with E-state index in [1.165, 1.54) is 16.6 Å². The Morgan fingerprint density at radius 3 is 3.00 bits per heavy atom. The van der Waals surface area contributed by atoms with Crippen LogP contribution in [0.3, 0.4) is 0 Å². The predicted molar refractivity (Wildman–Crippen MR) is 71.0 cm³/mol. The van der Waals surface area contributed by atoms with Gasteiger partial charge < -0.3 is 19.4 Å². The predicted octanol–water partition coefficient (Wildman–Crippen LogP) is 1.85. The van der Waals surface area contributed by atoms with Crippen LogP contribution in [0.15, 0.2) is 24.3 Å². The number of benzene rings is 1. The van der Waals surface area contributed by atoms with E-state index in [-0.39, 0.29) is 6.10 Å². The molecule has 4 heteroatoms. The number of aromatic nitrogens is 1. The van der Waals surface area contributed by atoms with Crippen molar-refractivity contribution in [3.8, 4) is 5.75 Å². The number of morpholine rings is 1. The molecular formula is C14H18N2O2. The van der Waals surface area contributed by atoms with E-state index in [1.807, 2.05) is 6.07 Å². The number of fused-ring (bicyclic) bond motifs is 1. The Morgan fingerprint density at radius 1 is 1.39 bits per heavy atom. The molecule has 1 atom stereocenters. The van der Waals surface area contributed by atoms with E-state index in [0.29, 0.717) is 0 Å². The lowest BCUT2D eigenvalue weighted by Crippen LogP contribution is -2.34. The molecule has 4 nitrogen and oxygen atoms in total. The average molecular weight is 246 g/mol. The maximum atomic E-state index is 5.82. The molecule has 1 unspecified atom stereocenters. The summed E-state index contributed by atoms with van der Waals surface area (Å²) in [5.74, 6) is 0.891. The highest BCUT2D eigenvalue weighted by Gasteiger charge is 2.19. The van der Waals surface area contributed by atoms with Gasteiger partial charge in [0.05, 0.1) is 13.7 Å². The number of nitrogens with zero attached hydrogens (tertiary/aromatic N) is 1. The summed E-state index contributed by atoms with van der Waals surface area (Å²) < 4.78 is 13.3. The second-order valence-electron chi connectivity index (χ2n) is 4.62. The smallest absolute Gasteiger partial charge is 0.119 e. The first-order valence-electron chi connectivity index (χ1n) is 6.25. The number of aryl methyl sites for hydroxylation is 1. The molecule has 0 radical (unpaired) electrons. The van der Waals surface area contributed by atoms with E-state index in [0.717, 1.165) is 25.4 Å². The first-order valence-corrected chi connectivity index (χ1v) is 6.25. The standard InChI is InChI=1S/C14H18N2O2/c1-16-12-4-3-11(17-2)7-10(12)8-13(16)14-9-15-5-6-18-14/h3-4,7-8,14-15H,5-6,9H2,1-2H3. The van der Waals surface area contributed by atoms with Crippen LogP contribution in [-0.4, -0.2) is 31.4 Å². The van der Waals surface area contributed by atoms with Crippen LogP contribution in [0.4, 0.5) is 0 Å². The van der Waals surface area contributed by atoms with Gasteiger partial charge in [0.2, 0.25) is 0 Å². The summed E-state index contributed by atoms with van der Waals surface area (Å²) in [6, 6.07) is 8.34. The average Bonchev–Trinajstić information content (AvgIpc) is 2.76. The Morgan fingerprint density at radius 2 is 2.28 bits per heavy atom. The third-order valence-corrected chi connectivity index (χ3v) is 3.54. The number of ether oxygens (including phenoxy) is 2. The van der Waals surface area contributed by atoms with Crippen LogP contribution >= 0.6 is 0 Å². The molecule has 1 fully saturated rings. The Kier molecular flexibility index (Phi) is 2.97. The molecule has 3 rings (SSSR count). The fraction of sp³-hybridized carbons (Fsp3) is 0.429. The fourth-order valence-electron chi connectivity index (χ4n) is 2.54. The molecule has 0 saturated carbocycles. The summed E-state index contributed by atoms with van der Waals surface area (Å²) >= 11 is 0. The second-order valence-corrected chi connectivity index (χ2v) is 4.62. The van der Waals surface area contributed by atoms with E-state index in [2.05, 4.69) is 35.1 Å². The van der Waals surface area contributed by atoms with Crippen LogP contribution in [0.5, 0.6) is 5.75 Å². The van der Waals surface area contributed by atoms with Crippen LogP contribution in [-0.2, 0) is 11.8 Å². The molecule has 1 aliphatic rings. The van der Waals surface area contributed by atoms with Crippen molar-refractivity contribution >= 4 is 10.9 Å². The zero-order chi connectivity index (χ0) is 12.5. The summed E-state index contributed by atoms with van der Waals surface area (Å²) in [7, 11) is 3.78. The molecule has 0 spiro atoms. The highest BCUT2D eigenvalue weighted by molar-refractivity contribution is 5.83. The Balaban J connectivity index is 2.04. The Labute approximate surface area is 106 Å². The van der Waals surface area contributed by atoms with Crippen molar-refractivity contribution in [2.45, 2.75) is 6.10 Å². The summed E-state index contributed by atoms with van der Waals surface area (Å²) in [4.78, 5) is 0. The van der Waals surface area contributed by atoms with E-state index in [9.17, 15) is 0 Å². The highest BCUT2D eigenvalue weighted by Crippen LogP contribution is 2.28. The molecule has 18 heavy (non-hydrogen) atoms. The van der Waals surface area contributed by atoms with Crippen LogP contribution in [0.1, 0.15) is 11.8 Å². The monoisotopic (exact) mass is 246 g/mol. The maximum Gasteiger partial charge on any atom is 0.119 e. The van der Waals surface area contributed by atoms with Crippen LogP contribution < -0.4 is 10.1 Å². The third kappa shape index (κ3) is 1.87. The SMILES string of the molecule is COc1ccc2c(c1)cc(C1CNCCO1)n2C. The van der Waals surface area contributed by atoms with E-state index in [1.54, 1.807) is 7.11 Å². The van der Waals surface area contributed by atoms with Crippen LogP contribution in [0.2, 0.25) is 0 Å². The molecule has 1 saturated heterocycles. The fourth-order valence-corrected chi connectivity index (χ4v) is 2.54. The molecule has 2 aromatic rings. The van der Waals surface area contributed by atoms with Crippen molar-refractivity contribution in [1.29, 1.82) is 0 Å². The molecule has 0 aliphatic carbocycles. The van der Waals surface area contributed by atoms with Gasteiger partial charge in [0, 0.05) is 36.7 Å². The molecule has 96 valence electrons. The molecule has 2 heterocycles. The van der Waals surface area contributed by atoms with Crippen molar-refractivity contribution in [1.82, 2.24) is 9.88 Å². The van der Waals surface area contributed by atoms with Gasteiger partial charge in [0.15, 0.2) is 0 Å². The van der Waals surface area contributed by atoms with Crippen molar-refractivity contribution in [2.75, 3.05) is 26.8 Å². The number of rotatable bonds is 2. The van der Waals surface area contributed by atoms with Gasteiger partial charge in [-0.1, -0.05) is 0 Å². The summed E-state index contributed by atoms with van der Waals surface area (Å²) in [5.41, 5.74) is 2.42. The van der Waals surface area contributed by atoms with E-state index < -0.39 is 0 Å². The lowest BCUT2D eigenvalue weighted by atomic mass is 10.2. The first-order chi connectivity index (χ1) is 8.79. The second kappa shape index (κ2) is 4.63. The van der Waals surface area contributed by atoms with Crippen molar-refractivity contribution in [2.24, 2.45) is 7.05 Å². The van der Waals surface area contributed by atoms with E-state index in [4.69, 9.17) is 9.47 Å². The third-order valence-electron chi connectivity index (χ3n) is 3.54. The van der Waals surface area contributed by atoms with Crippen molar-refractivity contribution < 1.29 is 9.47 Å². The number of methoxy groups -OCH3 is 1. The van der Waals surface area contributed by atoms with Crippen molar-refractivity contribution in [3.05, 3.63) is 30.0 Å². The van der Waals surface area contributed by atoms with Gasteiger partial charge >= 0.3 is 0 Å². The van der Waals surface area contributed by atoms with Gasteiger partial charge in [-0.05, 0) is 24.3 Å². The normalized spacial score (nSPS) is 20.2. The number of hydrogen-bond acceptors (Lipinski definition) is 3. The topological polar surface area (TPSA) is 35.4 Å². The Bertz CT molecular complexity index is 556. The molecule has 0 amide bonds. The lowest BCUT2D eigenvalue weighted by Gasteiger charge is -2.24. The molecule has 1 aromatic carbocycles. The largest absolute Gasteiger partial charge is 0.497 e. The number of hydrogen-bond donors (Lipinski definition) is 1. The minimum Gasteiger partial charge on any atom is -0.497 e. The molecule has 1 aliphatic heterocycles. The van der Waals surface area contributed by atoms with Crippen LogP contribution in [0.25, 0.3) is 10.9 Å². The zero-order valence-electron chi connectivity index (χ0n) is 10.8. The minimum absolute atomic E-state index is 0.141. The highest BCUT2D eigenvalue weighted by atomic mass is 16.5. The molecule has 1 N–H and O–H groups in total.